The van der Waals surface area contributed by atoms with E-state index in [9.17, 15) is 5.11 Å². The Morgan fingerprint density at radius 2 is 2.38 bits per heavy atom. The normalized spacial score (nSPS) is 21.5. The van der Waals surface area contributed by atoms with Gasteiger partial charge in [0.25, 0.3) is 0 Å². The summed E-state index contributed by atoms with van der Waals surface area (Å²) >= 11 is 3.50. The first kappa shape index (κ1) is 11.9. The molecule has 0 saturated carbocycles. The van der Waals surface area contributed by atoms with Gasteiger partial charge in [0.15, 0.2) is 0 Å². The molecule has 0 bridgehead atoms. The topological polar surface area (TPSA) is 32.7 Å². The summed E-state index contributed by atoms with van der Waals surface area (Å²) in [5, 5.41) is 9.45. The largest absolute Gasteiger partial charge is 0.508 e. The first-order valence-electron chi connectivity index (χ1n) is 5.41. The standard InChI is InChI=1S/C12H16BrNO2/c1-16-11-4-5-14(8-11)7-9-6-10(15)2-3-12(9)13/h2-3,6,11,15H,4-5,7-8H2,1H3. The van der Waals surface area contributed by atoms with E-state index >= 15 is 0 Å². The van der Waals surface area contributed by atoms with Gasteiger partial charge in [-0.05, 0) is 30.2 Å². The van der Waals surface area contributed by atoms with Crippen LogP contribution in [0.3, 0.4) is 0 Å². The zero-order valence-corrected chi connectivity index (χ0v) is 10.9. The summed E-state index contributed by atoms with van der Waals surface area (Å²) in [6, 6.07) is 5.38. The zero-order chi connectivity index (χ0) is 11.5. The molecule has 88 valence electrons. The molecule has 1 unspecified atom stereocenters. The van der Waals surface area contributed by atoms with Crippen LogP contribution >= 0.6 is 15.9 Å². The number of hydrogen-bond donors (Lipinski definition) is 1. The van der Waals surface area contributed by atoms with Crippen molar-refractivity contribution >= 4 is 15.9 Å². The third-order valence-electron chi connectivity index (χ3n) is 2.99. The highest BCUT2D eigenvalue weighted by Gasteiger charge is 2.22. The summed E-state index contributed by atoms with van der Waals surface area (Å²) in [4.78, 5) is 2.34. The van der Waals surface area contributed by atoms with Crippen molar-refractivity contribution in [3.05, 3.63) is 28.2 Å². The maximum Gasteiger partial charge on any atom is 0.115 e. The molecular formula is C12H16BrNO2. The van der Waals surface area contributed by atoms with Gasteiger partial charge in [-0.2, -0.15) is 0 Å². The second-order valence-electron chi connectivity index (χ2n) is 4.16. The van der Waals surface area contributed by atoms with E-state index in [0.717, 1.165) is 36.1 Å². The molecule has 0 amide bonds. The van der Waals surface area contributed by atoms with Crippen LogP contribution in [0.15, 0.2) is 22.7 Å². The maximum atomic E-state index is 9.45. The molecule has 0 radical (unpaired) electrons. The van der Waals surface area contributed by atoms with Gasteiger partial charge in [0.2, 0.25) is 0 Å². The van der Waals surface area contributed by atoms with Crippen molar-refractivity contribution in [3.8, 4) is 5.75 Å². The Hall–Kier alpha value is -0.580. The molecule has 3 nitrogen and oxygen atoms in total. The highest BCUT2D eigenvalue weighted by atomic mass is 79.9. The van der Waals surface area contributed by atoms with E-state index in [4.69, 9.17) is 4.74 Å². The van der Waals surface area contributed by atoms with E-state index < -0.39 is 0 Å². The summed E-state index contributed by atoms with van der Waals surface area (Å²) in [5.74, 6) is 0.320. The molecule has 16 heavy (non-hydrogen) atoms. The van der Waals surface area contributed by atoms with Gasteiger partial charge in [0.05, 0.1) is 6.10 Å². The van der Waals surface area contributed by atoms with Gasteiger partial charge in [-0.25, -0.2) is 0 Å². The minimum Gasteiger partial charge on any atom is -0.508 e. The molecule has 4 heteroatoms. The quantitative estimate of drug-likeness (QED) is 0.926. The molecule has 2 rings (SSSR count). The van der Waals surface area contributed by atoms with Crippen molar-refractivity contribution in [2.75, 3.05) is 20.2 Å². The fourth-order valence-electron chi connectivity index (χ4n) is 2.06. The number of ether oxygens (including phenoxy) is 1. The summed E-state index contributed by atoms with van der Waals surface area (Å²) in [6.07, 6.45) is 1.45. The summed E-state index contributed by atoms with van der Waals surface area (Å²) < 4.78 is 6.38. The van der Waals surface area contributed by atoms with Crippen LogP contribution < -0.4 is 0 Å². The maximum absolute atomic E-state index is 9.45. The predicted molar refractivity (Wildman–Crippen MR) is 66.5 cm³/mol. The number of nitrogens with zero attached hydrogens (tertiary/aromatic N) is 1. The van der Waals surface area contributed by atoms with Gasteiger partial charge in [-0.15, -0.1) is 0 Å². The minimum atomic E-state index is 0.320. The highest BCUT2D eigenvalue weighted by molar-refractivity contribution is 9.10. The van der Waals surface area contributed by atoms with Crippen molar-refractivity contribution in [3.63, 3.8) is 0 Å². The van der Waals surface area contributed by atoms with Crippen molar-refractivity contribution in [1.82, 2.24) is 4.90 Å². The average molecular weight is 286 g/mol. The summed E-state index contributed by atoms with van der Waals surface area (Å²) in [5.41, 5.74) is 1.12. The van der Waals surface area contributed by atoms with Gasteiger partial charge >= 0.3 is 0 Å². The number of halogens is 1. The molecule has 1 atom stereocenters. The molecule has 1 aromatic carbocycles. The average Bonchev–Trinajstić information content (AvgIpc) is 2.71. The number of aromatic hydroxyl groups is 1. The van der Waals surface area contributed by atoms with Crippen molar-refractivity contribution in [1.29, 1.82) is 0 Å². The smallest absolute Gasteiger partial charge is 0.115 e. The number of phenolic OH excluding ortho intramolecular Hbond substituents is 1. The monoisotopic (exact) mass is 285 g/mol. The first-order valence-corrected chi connectivity index (χ1v) is 6.21. The van der Waals surface area contributed by atoms with Gasteiger partial charge in [0, 0.05) is 31.2 Å². The van der Waals surface area contributed by atoms with Crippen LogP contribution in [0.2, 0.25) is 0 Å². The lowest BCUT2D eigenvalue weighted by molar-refractivity contribution is 0.107. The number of rotatable bonds is 3. The molecule has 1 saturated heterocycles. The third kappa shape index (κ3) is 2.75. The van der Waals surface area contributed by atoms with E-state index in [2.05, 4.69) is 20.8 Å². The molecule has 0 spiro atoms. The van der Waals surface area contributed by atoms with E-state index in [1.165, 1.54) is 0 Å². The third-order valence-corrected chi connectivity index (χ3v) is 3.76. The number of hydrogen-bond acceptors (Lipinski definition) is 3. The van der Waals surface area contributed by atoms with Crippen LogP contribution in [0.1, 0.15) is 12.0 Å². The van der Waals surface area contributed by atoms with Crippen molar-refractivity contribution in [2.45, 2.75) is 19.1 Å². The molecule has 1 aliphatic heterocycles. The molecule has 1 fully saturated rings. The molecule has 1 aliphatic rings. The SMILES string of the molecule is COC1CCN(Cc2cc(O)ccc2Br)C1. The van der Waals surface area contributed by atoms with E-state index in [1.54, 1.807) is 13.2 Å². The minimum absolute atomic E-state index is 0.320. The Bertz CT molecular complexity index is 370. The lowest BCUT2D eigenvalue weighted by Crippen LogP contribution is -2.22. The van der Waals surface area contributed by atoms with E-state index in [0.29, 0.717) is 11.9 Å². The van der Waals surface area contributed by atoms with E-state index in [1.807, 2.05) is 12.1 Å². The second-order valence-corrected chi connectivity index (χ2v) is 5.01. The lowest BCUT2D eigenvalue weighted by atomic mass is 10.2. The Kier molecular flexibility index (Phi) is 3.84. The van der Waals surface area contributed by atoms with Crippen LogP contribution in [-0.4, -0.2) is 36.3 Å². The van der Waals surface area contributed by atoms with Crippen LogP contribution in [0.5, 0.6) is 5.75 Å². The van der Waals surface area contributed by atoms with Gasteiger partial charge in [0.1, 0.15) is 5.75 Å². The van der Waals surface area contributed by atoms with Crippen LogP contribution in [0, 0.1) is 0 Å². The van der Waals surface area contributed by atoms with Crippen LogP contribution in [-0.2, 0) is 11.3 Å². The fourth-order valence-corrected chi connectivity index (χ4v) is 2.43. The number of benzene rings is 1. The fraction of sp³-hybridized carbons (Fsp3) is 0.500. The zero-order valence-electron chi connectivity index (χ0n) is 9.32. The molecule has 1 aromatic rings. The summed E-state index contributed by atoms with van der Waals surface area (Å²) in [6.45, 7) is 2.88. The number of methoxy groups -OCH3 is 1. The molecule has 0 aromatic heterocycles. The molecule has 1 heterocycles. The number of likely N-dealkylation sites (tertiary alicyclic amines) is 1. The van der Waals surface area contributed by atoms with Gasteiger partial charge in [-0.3, -0.25) is 4.90 Å². The molecule has 0 aliphatic carbocycles. The van der Waals surface area contributed by atoms with Gasteiger partial charge in [-0.1, -0.05) is 15.9 Å². The van der Waals surface area contributed by atoms with Crippen molar-refractivity contribution in [2.24, 2.45) is 0 Å². The first-order chi connectivity index (χ1) is 7.69. The van der Waals surface area contributed by atoms with Crippen LogP contribution in [0.25, 0.3) is 0 Å². The van der Waals surface area contributed by atoms with Crippen molar-refractivity contribution < 1.29 is 9.84 Å². The number of phenols is 1. The van der Waals surface area contributed by atoms with E-state index in [-0.39, 0.29) is 0 Å². The Balaban J connectivity index is 2.01. The lowest BCUT2D eigenvalue weighted by Gasteiger charge is -2.16. The predicted octanol–water partition coefficient (Wildman–Crippen LogP) is 2.38. The Labute approximate surface area is 104 Å². The van der Waals surface area contributed by atoms with Crippen LogP contribution in [0.4, 0.5) is 0 Å². The van der Waals surface area contributed by atoms with Gasteiger partial charge < -0.3 is 9.84 Å². The highest BCUT2D eigenvalue weighted by Crippen LogP contribution is 2.24. The molecule has 1 N–H and O–H groups in total. The Morgan fingerprint density at radius 3 is 3.06 bits per heavy atom. The second kappa shape index (κ2) is 5.17. The summed E-state index contributed by atoms with van der Waals surface area (Å²) in [7, 11) is 1.76. The molecular weight excluding hydrogens is 270 g/mol. The Morgan fingerprint density at radius 1 is 1.56 bits per heavy atom.